The predicted octanol–water partition coefficient (Wildman–Crippen LogP) is 3.44. The summed E-state index contributed by atoms with van der Waals surface area (Å²) in [5.41, 5.74) is 0.547. The Kier molecular flexibility index (Phi) is 13.7. The van der Waals surface area contributed by atoms with Crippen molar-refractivity contribution in [1.82, 2.24) is 21.3 Å². The average Bonchev–Trinajstić information content (AvgIpc) is 3.88. The van der Waals surface area contributed by atoms with Gasteiger partial charge in [0.15, 0.2) is 0 Å². The number of carbonyl (C=O) groups is 3. The Morgan fingerprint density at radius 1 is 1.05 bits per heavy atom. The van der Waals surface area contributed by atoms with Crippen LogP contribution in [0.2, 0.25) is 0 Å². The summed E-state index contributed by atoms with van der Waals surface area (Å²) in [6, 6.07) is -0.414. The number of ether oxygens (including phenoxy) is 5. The molecule has 44 heavy (non-hydrogen) atoms. The molecule has 2 heterocycles. The molecule has 0 aromatic carbocycles. The molecule has 3 aliphatic rings. The SMILES string of the molecule is CNCC(=O)NCCCCCCNC(=O)OC[C@H](NC(=O)OC1CC[C@]2(CO2)C(C2(C)O[C@@H]2CC=C(C)C)C1OC)C(C)C. The van der Waals surface area contributed by atoms with E-state index in [4.69, 9.17) is 23.7 Å². The smallest absolute Gasteiger partial charge is 0.407 e. The van der Waals surface area contributed by atoms with Gasteiger partial charge in [0.1, 0.15) is 30.0 Å². The minimum absolute atomic E-state index is 0.00945. The summed E-state index contributed by atoms with van der Waals surface area (Å²) in [6.45, 7) is 12.3. The second kappa shape index (κ2) is 16.8. The monoisotopic (exact) mass is 624 g/mol. The van der Waals surface area contributed by atoms with Gasteiger partial charge in [0.2, 0.25) is 5.91 Å². The van der Waals surface area contributed by atoms with Gasteiger partial charge >= 0.3 is 12.2 Å². The number of methoxy groups -OCH3 is 1. The van der Waals surface area contributed by atoms with Crippen LogP contribution in [0.25, 0.3) is 0 Å². The number of amides is 3. The molecule has 0 aromatic heterocycles. The maximum Gasteiger partial charge on any atom is 0.407 e. The van der Waals surface area contributed by atoms with Crippen LogP contribution in [-0.2, 0) is 28.5 Å². The zero-order chi connectivity index (χ0) is 32.3. The molecule has 12 nitrogen and oxygen atoms in total. The normalized spacial score (nSPS) is 29.5. The number of allylic oxidation sites excluding steroid dienone is 1. The minimum atomic E-state index is -0.559. The van der Waals surface area contributed by atoms with Gasteiger partial charge in [-0.05, 0) is 65.8 Å². The highest BCUT2D eigenvalue weighted by molar-refractivity contribution is 5.77. The number of epoxide rings is 2. The van der Waals surface area contributed by atoms with E-state index in [0.29, 0.717) is 32.7 Å². The fraction of sp³-hybridized carbons (Fsp3) is 0.844. The highest BCUT2D eigenvalue weighted by atomic mass is 16.6. The summed E-state index contributed by atoms with van der Waals surface area (Å²) >= 11 is 0. The third kappa shape index (κ3) is 10.3. The number of rotatable bonds is 18. The third-order valence-corrected chi connectivity index (χ3v) is 9.03. The Morgan fingerprint density at radius 3 is 2.32 bits per heavy atom. The van der Waals surface area contributed by atoms with Crippen LogP contribution in [0.4, 0.5) is 9.59 Å². The van der Waals surface area contributed by atoms with Crippen molar-refractivity contribution >= 4 is 18.1 Å². The van der Waals surface area contributed by atoms with Gasteiger partial charge in [0.05, 0.1) is 31.2 Å². The first-order valence-corrected chi connectivity index (χ1v) is 16.2. The highest BCUT2D eigenvalue weighted by Gasteiger charge is 2.72. The van der Waals surface area contributed by atoms with Gasteiger partial charge in [-0.2, -0.15) is 0 Å². The molecule has 252 valence electrons. The lowest BCUT2D eigenvalue weighted by molar-refractivity contribution is -0.120. The first-order valence-electron chi connectivity index (χ1n) is 16.2. The van der Waals surface area contributed by atoms with Gasteiger partial charge in [-0.3, -0.25) is 4.79 Å². The Bertz CT molecular complexity index is 983. The van der Waals surface area contributed by atoms with Crippen LogP contribution in [0.5, 0.6) is 0 Å². The van der Waals surface area contributed by atoms with Crippen molar-refractivity contribution < 1.29 is 38.1 Å². The molecule has 7 atom stereocenters. The zero-order valence-corrected chi connectivity index (χ0v) is 27.8. The van der Waals surface area contributed by atoms with Gasteiger partial charge < -0.3 is 45.0 Å². The molecule has 3 rings (SSSR count). The van der Waals surface area contributed by atoms with E-state index in [1.54, 1.807) is 14.2 Å². The van der Waals surface area contributed by atoms with Crippen molar-refractivity contribution in [1.29, 1.82) is 0 Å². The van der Waals surface area contributed by atoms with Crippen LogP contribution in [0.3, 0.4) is 0 Å². The molecule has 3 fully saturated rings. The molecule has 1 spiro atoms. The van der Waals surface area contributed by atoms with Crippen molar-refractivity contribution in [3.05, 3.63) is 11.6 Å². The average molecular weight is 625 g/mol. The lowest BCUT2D eigenvalue weighted by Crippen LogP contribution is -2.56. The topological polar surface area (TPSA) is 152 Å². The summed E-state index contributed by atoms with van der Waals surface area (Å²) in [7, 11) is 3.39. The molecule has 3 amide bonds. The van der Waals surface area contributed by atoms with Crippen molar-refractivity contribution in [2.45, 2.75) is 115 Å². The molecule has 0 bridgehead atoms. The molecule has 4 N–H and O–H groups in total. The van der Waals surface area contributed by atoms with Crippen LogP contribution < -0.4 is 21.3 Å². The number of hydrogen-bond donors (Lipinski definition) is 4. The Labute approximate surface area is 263 Å². The van der Waals surface area contributed by atoms with Crippen molar-refractivity contribution in [3.8, 4) is 0 Å². The molecule has 12 heteroatoms. The van der Waals surface area contributed by atoms with Gasteiger partial charge in [-0.25, -0.2) is 9.59 Å². The quantitative estimate of drug-likeness (QED) is 0.102. The molecular weight excluding hydrogens is 568 g/mol. The van der Waals surface area contributed by atoms with Crippen LogP contribution in [0.15, 0.2) is 11.6 Å². The Balaban J connectivity index is 1.40. The van der Waals surface area contributed by atoms with E-state index in [1.807, 2.05) is 13.8 Å². The Hall–Kier alpha value is -2.41. The summed E-state index contributed by atoms with van der Waals surface area (Å²) in [4.78, 5) is 36.7. The van der Waals surface area contributed by atoms with Gasteiger partial charge in [-0.15, -0.1) is 0 Å². The van der Waals surface area contributed by atoms with Crippen molar-refractivity contribution in [2.24, 2.45) is 11.8 Å². The predicted molar refractivity (Wildman–Crippen MR) is 166 cm³/mol. The lowest BCUT2D eigenvalue weighted by atomic mass is 9.68. The van der Waals surface area contributed by atoms with Crippen LogP contribution in [0, 0.1) is 11.8 Å². The van der Waals surface area contributed by atoms with Crippen LogP contribution in [-0.4, -0.2) is 101 Å². The van der Waals surface area contributed by atoms with Crippen LogP contribution in [0.1, 0.15) is 79.6 Å². The maximum atomic E-state index is 13.1. The van der Waals surface area contributed by atoms with Crippen molar-refractivity contribution in [3.63, 3.8) is 0 Å². The molecule has 2 aliphatic heterocycles. The van der Waals surface area contributed by atoms with Gasteiger partial charge in [-0.1, -0.05) is 38.3 Å². The van der Waals surface area contributed by atoms with Crippen LogP contribution >= 0.6 is 0 Å². The fourth-order valence-electron chi connectivity index (χ4n) is 6.26. The largest absolute Gasteiger partial charge is 0.447 e. The zero-order valence-electron chi connectivity index (χ0n) is 27.8. The second-order valence-corrected chi connectivity index (χ2v) is 13.1. The summed E-state index contributed by atoms with van der Waals surface area (Å²) < 4.78 is 29.6. The Morgan fingerprint density at radius 2 is 1.73 bits per heavy atom. The standard InChI is InChI=1S/C32H56N4O8/c1-21(2)12-13-25-31(5,44-25)28-27(40-7)24(14-15-32(28)20-42-32)43-30(39)36-23(22(3)4)19-41-29(38)35-17-11-9-8-10-16-34-26(37)18-33-6/h12,22-25,27-28,33H,8-11,13-20H2,1-7H3,(H,34,37)(H,35,38)(H,36,39)/t23-,24?,25+,27?,28?,31?,32-/m0/s1. The fourth-order valence-corrected chi connectivity index (χ4v) is 6.26. The first kappa shape index (κ1) is 36.1. The summed E-state index contributed by atoms with van der Waals surface area (Å²) in [6.07, 6.45) is 6.20. The van der Waals surface area contributed by atoms with E-state index in [-0.39, 0.29) is 42.2 Å². The molecule has 0 aromatic rings. The van der Waals surface area contributed by atoms with E-state index >= 15 is 0 Å². The number of hydrogen-bond acceptors (Lipinski definition) is 9. The number of likely N-dealkylation sites (N-methyl/N-ethyl adjacent to an activating group) is 1. The minimum Gasteiger partial charge on any atom is -0.447 e. The van der Waals surface area contributed by atoms with Gasteiger partial charge in [0, 0.05) is 20.2 Å². The second-order valence-electron chi connectivity index (χ2n) is 13.1. The maximum absolute atomic E-state index is 13.1. The van der Waals surface area contributed by atoms with E-state index in [9.17, 15) is 14.4 Å². The molecular formula is C32H56N4O8. The van der Waals surface area contributed by atoms with E-state index < -0.39 is 29.9 Å². The summed E-state index contributed by atoms with van der Waals surface area (Å²) in [5, 5.41) is 11.3. The molecule has 0 radical (unpaired) electrons. The number of unbranched alkanes of at least 4 members (excludes halogenated alkanes) is 3. The first-order chi connectivity index (χ1) is 21.0. The number of alkyl carbamates (subject to hydrolysis) is 2. The number of carbonyl (C=O) groups excluding carboxylic acids is 3. The molecule has 4 unspecified atom stereocenters. The highest BCUT2D eigenvalue weighted by Crippen LogP contribution is 2.59. The van der Waals surface area contributed by atoms with Crippen molar-refractivity contribution in [2.75, 3.05) is 47.0 Å². The van der Waals surface area contributed by atoms with E-state index in [2.05, 4.69) is 48.1 Å². The lowest BCUT2D eigenvalue weighted by Gasteiger charge is -2.42. The van der Waals surface area contributed by atoms with E-state index in [0.717, 1.165) is 38.5 Å². The van der Waals surface area contributed by atoms with E-state index in [1.165, 1.54) is 5.57 Å². The van der Waals surface area contributed by atoms with Gasteiger partial charge in [0.25, 0.3) is 0 Å². The summed E-state index contributed by atoms with van der Waals surface area (Å²) in [5.74, 6) is -0.0527. The molecule has 1 aliphatic carbocycles. The number of nitrogens with one attached hydrogen (secondary N) is 4. The third-order valence-electron chi connectivity index (χ3n) is 9.03. The molecule has 2 saturated heterocycles. The molecule has 1 saturated carbocycles.